The molecular formula is C63H94N8O12S. The van der Waals surface area contributed by atoms with Gasteiger partial charge >= 0.3 is 12.1 Å². The lowest BCUT2D eigenvalue weighted by atomic mass is 9.83. The second-order valence-electron chi connectivity index (χ2n) is 23.9. The van der Waals surface area contributed by atoms with Gasteiger partial charge in [-0.1, -0.05) is 105 Å². The van der Waals surface area contributed by atoms with Gasteiger partial charge in [-0.15, -0.1) is 11.3 Å². The number of nitrogens with one attached hydrogen (secondary N) is 2. The van der Waals surface area contributed by atoms with Gasteiger partial charge in [-0.05, 0) is 99.9 Å². The topological polar surface area (TPSA) is 299 Å². The summed E-state index contributed by atoms with van der Waals surface area (Å²) in [5.41, 5.74) is 13.0. The first-order valence-corrected chi connectivity index (χ1v) is 30.9. The number of carboxylic acid groups (broad SMARTS) is 1. The highest BCUT2D eigenvalue weighted by atomic mass is 32.1. The van der Waals surface area contributed by atoms with E-state index in [4.69, 9.17) is 16.2 Å². The number of likely N-dealkylation sites (tertiary alicyclic amines) is 1. The summed E-state index contributed by atoms with van der Waals surface area (Å²) in [6, 6.07) is 4.75. The van der Waals surface area contributed by atoms with Gasteiger partial charge in [0, 0.05) is 93.2 Å². The fraction of sp³-hybridized carbons (Fsp3) is 0.635. The van der Waals surface area contributed by atoms with E-state index in [1.807, 2.05) is 48.6 Å². The van der Waals surface area contributed by atoms with Crippen molar-refractivity contribution in [2.75, 3.05) is 27.2 Å². The van der Waals surface area contributed by atoms with Gasteiger partial charge < -0.3 is 41.7 Å². The molecule has 20 nitrogen and oxygen atoms in total. The zero-order valence-electron chi connectivity index (χ0n) is 51.0. The van der Waals surface area contributed by atoms with Crippen LogP contribution < -0.4 is 22.1 Å². The summed E-state index contributed by atoms with van der Waals surface area (Å²) in [4.78, 5) is 141. The van der Waals surface area contributed by atoms with Crippen LogP contribution >= 0.6 is 11.3 Å². The molecule has 7 N–H and O–H groups in total. The average Bonchev–Trinajstić information content (AvgIpc) is 3.83. The normalized spacial score (nSPS) is 17.4. The van der Waals surface area contributed by atoms with Crippen LogP contribution in [-0.4, -0.2) is 135 Å². The van der Waals surface area contributed by atoms with E-state index < -0.39 is 71.8 Å². The van der Waals surface area contributed by atoms with Gasteiger partial charge in [-0.25, -0.2) is 9.78 Å². The van der Waals surface area contributed by atoms with Crippen LogP contribution in [0, 0.1) is 35.5 Å². The van der Waals surface area contributed by atoms with Crippen molar-refractivity contribution in [1.82, 2.24) is 30.3 Å². The number of allylic oxidation sites excluding steroid dienone is 1. The molecule has 1 aromatic heterocycles. The number of primary amides is 2. The summed E-state index contributed by atoms with van der Waals surface area (Å²) in [6.07, 6.45) is 8.42. The van der Waals surface area contributed by atoms with Crippen LogP contribution in [0.5, 0.6) is 0 Å². The third-order valence-electron chi connectivity index (χ3n) is 16.7. The van der Waals surface area contributed by atoms with E-state index in [0.717, 1.165) is 49.1 Å². The summed E-state index contributed by atoms with van der Waals surface area (Å²) in [7, 11) is 3.65. The Morgan fingerprint density at radius 3 is 2.13 bits per heavy atom. The number of thiazole rings is 1. The fourth-order valence-corrected chi connectivity index (χ4v) is 12.0. The minimum absolute atomic E-state index is 0.00390. The molecule has 0 bridgehead atoms. The van der Waals surface area contributed by atoms with E-state index in [2.05, 4.69) is 27.1 Å². The summed E-state index contributed by atoms with van der Waals surface area (Å²) in [6.45, 7) is 18.3. The molecule has 1 aromatic carbocycles. The highest BCUT2D eigenvalue weighted by Crippen LogP contribution is 2.33. The van der Waals surface area contributed by atoms with Crippen LogP contribution in [0.25, 0.3) is 0 Å². The molecular weight excluding hydrogens is 1090 g/mol. The Bertz CT molecular complexity index is 2620. The molecule has 1 fully saturated rings. The highest BCUT2D eigenvalue weighted by molar-refractivity contribution is 7.09. The van der Waals surface area contributed by atoms with E-state index >= 15 is 0 Å². The number of carbonyl (C=O) groups excluding carboxylic acids is 9. The molecule has 2 aliphatic heterocycles. The number of ether oxygens (including phenoxy) is 1. The maximum Gasteiger partial charge on any atom is 0.405 e. The van der Waals surface area contributed by atoms with E-state index in [1.165, 1.54) is 11.5 Å². The Hall–Kier alpha value is -6.61. The van der Waals surface area contributed by atoms with Gasteiger partial charge in [0.2, 0.25) is 17.7 Å². The molecule has 9 atom stereocenters. The van der Waals surface area contributed by atoms with Crippen molar-refractivity contribution in [3.63, 3.8) is 0 Å². The van der Waals surface area contributed by atoms with E-state index in [9.17, 15) is 53.1 Å². The molecule has 6 amide bonds. The summed E-state index contributed by atoms with van der Waals surface area (Å²) in [5.74, 6) is -5.64. The van der Waals surface area contributed by atoms with Gasteiger partial charge in [0.1, 0.15) is 16.5 Å². The first-order chi connectivity index (χ1) is 39.7. The first-order valence-electron chi connectivity index (χ1n) is 30.0. The minimum atomic E-state index is -1.07. The number of nitrogens with two attached hydrogens (primary N) is 2. The van der Waals surface area contributed by atoms with Crippen LogP contribution in [-0.2, 0) is 55.9 Å². The number of carboxylic acids is 1. The molecule has 3 heterocycles. The minimum Gasteiger partial charge on any atom is -0.481 e. The maximum atomic E-state index is 14.4. The van der Waals surface area contributed by atoms with E-state index in [-0.39, 0.29) is 121 Å². The maximum absolute atomic E-state index is 14.4. The largest absolute Gasteiger partial charge is 0.481 e. The number of amides is 6. The number of unbranched alkanes of at least 4 members (excludes halogenated alkanes) is 3. The molecule has 2 aromatic rings. The van der Waals surface area contributed by atoms with Gasteiger partial charge in [-0.3, -0.25) is 48.1 Å². The molecule has 84 heavy (non-hydrogen) atoms. The van der Waals surface area contributed by atoms with Crippen molar-refractivity contribution in [1.29, 1.82) is 0 Å². The number of aromatic nitrogens is 1. The number of nitrogens with zero attached hydrogens (tertiary/aromatic N) is 4. The molecule has 0 spiro atoms. The van der Waals surface area contributed by atoms with Crippen molar-refractivity contribution in [2.45, 2.75) is 194 Å². The van der Waals surface area contributed by atoms with E-state index in [0.29, 0.717) is 49.9 Å². The second kappa shape index (κ2) is 34.4. The quantitative estimate of drug-likeness (QED) is 0.0398. The molecule has 0 radical (unpaired) electrons. The van der Waals surface area contributed by atoms with Gasteiger partial charge in [-0.2, -0.15) is 0 Å². The van der Waals surface area contributed by atoms with Crippen LogP contribution in [0.2, 0.25) is 0 Å². The summed E-state index contributed by atoms with van der Waals surface area (Å²) in [5, 5.41) is 17.6. The number of carbonyl (C=O) groups is 10. The Morgan fingerprint density at radius 2 is 1.54 bits per heavy atom. The van der Waals surface area contributed by atoms with Crippen LogP contribution in [0.1, 0.15) is 184 Å². The number of Topliss-reactive ketones (excluding diaryl/α,β-unsaturated/α-hetero) is 3. The lowest BCUT2D eigenvalue weighted by Crippen LogP contribution is -2.48. The molecule has 4 rings (SSSR count). The molecule has 0 aliphatic carbocycles. The molecule has 2 aliphatic rings. The van der Waals surface area contributed by atoms with Crippen LogP contribution in [0.4, 0.5) is 4.79 Å². The van der Waals surface area contributed by atoms with Gasteiger partial charge in [0.25, 0.3) is 11.8 Å². The highest BCUT2D eigenvalue weighted by Gasteiger charge is 2.38. The van der Waals surface area contributed by atoms with Gasteiger partial charge in [0.15, 0.2) is 17.7 Å². The number of piperidine rings is 1. The Morgan fingerprint density at radius 1 is 0.857 bits per heavy atom. The SMILES string of the molecule is C=C1C=CC(=O)N1CCCCCC(=O)C[C@H](C(=O)N[C@@H](CCCCC(N)=O)C(=O)Cc1ccc(C[C@@H](C[C@H](C)C(=O)O)NC(=O)c2csc([C@@H](C[C@H](C(C)C)N(C)C(=O)[C@@H](CC(=O)[C@H]3CCCCN3C)[C@@H](C)CC)OC(N)=O)n2)cc1)C(C)C. The van der Waals surface area contributed by atoms with Crippen molar-refractivity contribution < 1.29 is 57.8 Å². The zero-order chi connectivity index (χ0) is 62.4. The number of aliphatic carboxylic acids is 1. The number of hydrogen-bond donors (Lipinski definition) is 5. The monoisotopic (exact) mass is 1190 g/mol. The average molecular weight is 1190 g/mol. The standard InChI is InChI=1S/C63H94N8O12S/c1-11-40(6)48(35-54(74)51-21-16-18-29-69(51)9)61(79)70(10)52(39(4)5)36-55(83-63(65)82)60-68-50(37-84-60)59(78)66-45(31-41(7)62(80)81)32-43-24-26-44(27-25-43)33-53(73)49(20-14-15-22-56(64)75)67-58(77)47(38(2)3)34-46(72)19-13-12-17-30-71-42(8)23-28-57(71)76/h23-28,37-41,45,47-49,51-52,55H,8,11-22,29-36H2,1-7,9-10H3,(H2,64,75)(H2,65,82)(H,66,78)(H,67,77)(H,80,81)/t40-,41-,45+,47-,48-,49-,51+,52+,55+/m0/s1. The van der Waals surface area contributed by atoms with Gasteiger partial charge in [0.05, 0.1) is 18.0 Å². The number of rotatable bonds is 38. The molecule has 0 unspecified atom stereocenters. The third-order valence-corrected chi connectivity index (χ3v) is 17.6. The second-order valence-corrected chi connectivity index (χ2v) is 24.8. The van der Waals surface area contributed by atoms with Crippen molar-refractivity contribution in [2.24, 2.45) is 47.0 Å². The first kappa shape index (κ1) is 69.9. The van der Waals surface area contributed by atoms with Crippen molar-refractivity contribution >= 4 is 70.3 Å². The fourth-order valence-electron chi connectivity index (χ4n) is 11.2. The predicted octanol–water partition coefficient (Wildman–Crippen LogP) is 8.06. The van der Waals surface area contributed by atoms with Crippen molar-refractivity contribution in [3.8, 4) is 0 Å². The zero-order valence-corrected chi connectivity index (χ0v) is 51.8. The Labute approximate surface area is 500 Å². The number of likely N-dealkylation sites (N-methyl/N-ethyl adjacent to an activating group) is 1. The molecule has 21 heteroatoms. The van der Waals surface area contributed by atoms with Crippen LogP contribution in [0.15, 0.2) is 54.1 Å². The molecule has 0 saturated carbocycles. The van der Waals surface area contributed by atoms with E-state index in [1.54, 1.807) is 54.1 Å². The van der Waals surface area contributed by atoms with Crippen LogP contribution in [0.3, 0.4) is 0 Å². The number of benzene rings is 1. The number of hydrogen-bond acceptors (Lipinski definition) is 14. The third kappa shape index (κ3) is 22.1. The lowest BCUT2D eigenvalue weighted by Gasteiger charge is -2.37. The smallest absolute Gasteiger partial charge is 0.405 e. The Balaban J connectivity index is 1.44. The summed E-state index contributed by atoms with van der Waals surface area (Å²) < 4.78 is 5.63. The molecule has 1 saturated heterocycles. The number of ketones is 3. The lowest BCUT2D eigenvalue weighted by molar-refractivity contribution is -0.143. The molecule has 464 valence electrons. The predicted molar refractivity (Wildman–Crippen MR) is 322 cm³/mol. The van der Waals surface area contributed by atoms with Crippen molar-refractivity contribution in [3.05, 3.63) is 75.9 Å². The summed E-state index contributed by atoms with van der Waals surface area (Å²) >= 11 is 1.07. The Kier molecular flexibility index (Phi) is 28.6.